The number of rotatable bonds is 5. The Bertz CT molecular complexity index is 519. The van der Waals surface area contributed by atoms with Gasteiger partial charge in [-0.3, -0.25) is 4.98 Å². The molecule has 2 rings (SSSR count). The fraction of sp³-hybridized carbons (Fsp3) is 0.231. The number of para-hydroxylation sites is 1. The highest BCUT2D eigenvalue weighted by molar-refractivity contribution is 5.27. The summed E-state index contributed by atoms with van der Waals surface area (Å²) >= 11 is 0. The molecule has 2 aromatic rings. The molecular weight excluding hydrogens is 233 g/mol. The Morgan fingerprint density at radius 1 is 1.28 bits per heavy atom. The summed E-state index contributed by atoms with van der Waals surface area (Å²) < 4.78 is 18.7. The van der Waals surface area contributed by atoms with Crippen LogP contribution in [0.2, 0.25) is 0 Å². The van der Waals surface area contributed by atoms with Crippen LogP contribution < -0.4 is 10.1 Å². The number of hydrogen-bond donors (Lipinski definition) is 1. The Morgan fingerprint density at radius 2 is 2.11 bits per heavy atom. The molecule has 0 spiro atoms. The number of halogens is 1. The molecule has 0 aliphatic carbocycles. The van der Waals surface area contributed by atoms with Gasteiger partial charge in [-0.15, -0.1) is 0 Å². The van der Waals surface area contributed by atoms with E-state index in [0.717, 1.165) is 12.2 Å². The molecule has 0 amide bonds. The quantitative estimate of drug-likeness (QED) is 0.882. The molecule has 0 saturated heterocycles. The van der Waals surface area contributed by atoms with Crippen LogP contribution in [0.1, 0.15) is 12.6 Å². The minimum atomic E-state index is -0.420. The van der Waals surface area contributed by atoms with E-state index < -0.39 is 5.82 Å². The predicted octanol–water partition coefficient (Wildman–Crippen LogP) is 2.52. The minimum Gasteiger partial charge on any atom is -0.434 e. The van der Waals surface area contributed by atoms with Crippen molar-refractivity contribution >= 4 is 0 Å². The van der Waals surface area contributed by atoms with Crippen LogP contribution >= 0.6 is 0 Å². The Labute approximate surface area is 105 Å². The maximum atomic E-state index is 13.4. The standard InChI is InChI=1S/C13H14FN3O/c1-2-15-7-10-8-16-9-13(17-10)18-12-6-4-3-5-11(12)14/h3-6,8-9,15H,2,7H2,1H3. The van der Waals surface area contributed by atoms with E-state index in [2.05, 4.69) is 15.3 Å². The van der Waals surface area contributed by atoms with Gasteiger partial charge in [0, 0.05) is 12.7 Å². The molecule has 1 aromatic heterocycles. The largest absolute Gasteiger partial charge is 0.434 e. The highest BCUT2D eigenvalue weighted by Gasteiger charge is 2.05. The van der Waals surface area contributed by atoms with E-state index in [9.17, 15) is 4.39 Å². The second kappa shape index (κ2) is 6.07. The molecular formula is C13H14FN3O. The molecule has 0 bridgehead atoms. The minimum absolute atomic E-state index is 0.146. The Morgan fingerprint density at radius 3 is 2.89 bits per heavy atom. The predicted molar refractivity (Wildman–Crippen MR) is 65.9 cm³/mol. The van der Waals surface area contributed by atoms with Crippen LogP contribution in [0.25, 0.3) is 0 Å². The Balaban J connectivity index is 2.12. The smallest absolute Gasteiger partial charge is 0.238 e. The van der Waals surface area contributed by atoms with E-state index in [0.29, 0.717) is 6.54 Å². The van der Waals surface area contributed by atoms with Crippen LogP contribution in [0, 0.1) is 5.82 Å². The van der Waals surface area contributed by atoms with E-state index >= 15 is 0 Å². The number of aromatic nitrogens is 2. The van der Waals surface area contributed by atoms with Crippen LogP contribution in [0.5, 0.6) is 11.6 Å². The monoisotopic (exact) mass is 247 g/mol. The van der Waals surface area contributed by atoms with Crippen molar-refractivity contribution in [2.24, 2.45) is 0 Å². The lowest BCUT2D eigenvalue weighted by atomic mass is 10.3. The van der Waals surface area contributed by atoms with Crippen molar-refractivity contribution in [2.75, 3.05) is 6.54 Å². The molecule has 0 saturated carbocycles. The van der Waals surface area contributed by atoms with Crippen molar-refractivity contribution in [1.82, 2.24) is 15.3 Å². The number of hydrogen-bond acceptors (Lipinski definition) is 4. The number of ether oxygens (including phenoxy) is 1. The number of benzene rings is 1. The van der Waals surface area contributed by atoms with Crippen molar-refractivity contribution in [2.45, 2.75) is 13.5 Å². The summed E-state index contributed by atoms with van der Waals surface area (Å²) in [6.07, 6.45) is 3.11. The van der Waals surface area contributed by atoms with Crippen LogP contribution in [-0.4, -0.2) is 16.5 Å². The van der Waals surface area contributed by atoms with Gasteiger partial charge in [0.05, 0.1) is 11.9 Å². The number of nitrogens with one attached hydrogen (secondary N) is 1. The molecule has 0 radical (unpaired) electrons. The van der Waals surface area contributed by atoms with Crippen molar-refractivity contribution in [3.8, 4) is 11.6 Å². The van der Waals surface area contributed by atoms with Crippen LogP contribution in [-0.2, 0) is 6.54 Å². The highest BCUT2D eigenvalue weighted by atomic mass is 19.1. The van der Waals surface area contributed by atoms with Gasteiger partial charge in [0.15, 0.2) is 11.6 Å². The first-order valence-corrected chi connectivity index (χ1v) is 5.73. The molecule has 1 heterocycles. The van der Waals surface area contributed by atoms with Gasteiger partial charge in [0.25, 0.3) is 0 Å². The molecule has 0 aliphatic rings. The van der Waals surface area contributed by atoms with Crippen LogP contribution in [0.3, 0.4) is 0 Å². The molecule has 0 atom stereocenters. The van der Waals surface area contributed by atoms with Gasteiger partial charge >= 0.3 is 0 Å². The first-order valence-electron chi connectivity index (χ1n) is 5.73. The second-order valence-electron chi connectivity index (χ2n) is 3.66. The van der Waals surface area contributed by atoms with Gasteiger partial charge in [-0.2, -0.15) is 0 Å². The molecule has 0 aliphatic heterocycles. The van der Waals surface area contributed by atoms with Gasteiger partial charge < -0.3 is 10.1 Å². The van der Waals surface area contributed by atoms with E-state index in [1.165, 1.54) is 12.3 Å². The SMILES string of the molecule is CCNCc1cncc(Oc2ccccc2F)n1. The normalized spacial score (nSPS) is 10.3. The van der Waals surface area contributed by atoms with Gasteiger partial charge in [-0.05, 0) is 18.7 Å². The zero-order chi connectivity index (χ0) is 12.8. The fourth-order valence-corrected chi connectivity index (χ4v) is 1.41. The highest BCUT2D eigenvalue weighted by Crippen LogP contribution is 2.21. The summed E-state index contributed by atoms with van der Waals surface area (Å²) in [5.41, 5.74) is 0.755. The first kappa shape index (κ1) is 12.4. The Hall–Kier alpha value is -2.01. The maximum absolute atomic E-state index is 13.4. The molecule has 0 fully saturated rings. The van der Waals surface area contributed by atoms with Crippen molar-refractivity contribution in [3.05, 3.63) is 48.2 Å². The molecule has 1 aromatic carbocycles. The molecule has 18 heavy (non-hydrogen) atoms. The number of nitrogens with zero attached hydrogens (tertiary/aromatic N) is 2. The molecule has 5 heteroatoms. The summed E-state index contributed by atoms with van der Waals surface area (Å²) in [5.74, 6) is 0.0132. The summed E-state index contributed by atoms with van der Waals surface area (Å²) in [4.78, 5) is 8.25. The van der Waals surface area contributed by atoms with Gasteiger partial charge in [-0.1, -0.05) is 19.1 Å². The fourth-order valence-electron chi connectivity index (χ4n) is 1.41. The summed E-state index contributed by atoms with van der Waals surface area (Å²) in [6, 6.07) is 6.20. The first-order chi connectivity index (χ1) is 8.79. The zero-order valence-electron chi connectivity index (χ0n) is 10.1. The molecule has 94 valence electrons. The van der Waals surface area contributed by atoms with Crippen LogP contribution in [0.15, 0.2) is 36.7 Å². The van der Waals surface area contributed by atoms with Crippen molar-refractivity contribution in [1.29, 1.82) is 0 Å². The van der Waals surface area contributed by atoms with E-state index in [4.69, 9.17) is 4.74 Å². The molecule has 0 unspecified atom stereocenters. The molecule has 1 N–H and O–H groups in total. The van der Waals surface area contributed by atoms with Crippen LogP contribution in [0.4, 0.5) is 4.39 Å². The zero-order valence-corrected chi connectivity index (χ0v) is 10.1. The second-order valence-corrected chi connectivity index (χ2v) is 3.66. The lowest BCUT2D eigenvalue weighted by molar-refractivity contribution is 0.423. The third kappa shape index (κ3) is 3.24. The Kier molecular flexibility index (Phi) is 4.20. The van der Waals surface area contributed by atoms with E-state index in [1.807, 2.05) is 6.92 Å². The van der Waals surface area contributed by atoms with Gasteiger partial charge in [0.1, 0.15) is 0 Å². The average molecular weight is 247 g/mol. The third-order valence-corrected chi connectivity index (χ3v) is 2.27. The topological polar surface area (TPSA) is 47.0 Å². The third-order valence-electron chi connectivity index (χ3n) is 2.27. The van der Waals surface area contributed by atoms with E-state index in [-0.39, 0.29) is 11.6 Å². The summed E-state index contributed by atoms with van der Waals surface area (Å²) in [7, 11) is 0. The lowest BCUT2D eigenvalue weighted by Gasteiger charge is -2.06. The maximum Gasteiger partial charge on any atom is 0.238 e. The summed E-state index contributed by atoms with van der Waals surface area (Å²) in [6.45, 7) is 3.46. The van der Waals surface area contributed by atoms with Crippen molar-refractivity contribution in [3.63, 3.8) is 0 Å². The summed E-state index contributed by atoms with van der Waals surface area (Å²) in [5, 5.41) is 3.13. The van der Waals surface area contributed by atoms with Gasteiger partial charge in [-0.25, -0.2) is 9.37 Å². The van der Waals surface area contributed by atoms with Gasteiger partial charge in [0.2, 0.25) is 5.88 Å². The van der Waals surface area contributed by atoms with E-state index in [1.54, 1.807) is 24.4 Å². The lowest BCUT2D eigenvalue weighted by Crippen LogP contribution is -2.13. The van der Waals surface area contributed by atoms with Crippen molar-refractivity contribution < 1.29 is 9.13 Å². The molecule has 4 nitrogen and oxygen atoms in total. The average Bonchev–Trinajstić information content (AvgIpc) is 2.40.